The SMILES string of the molecule is CCN(c1ccccc1)c1cc(C)nc(Nc2ccccc2N2CCOCC2)n1. The van der Waals surface area contributed by atoms with Gasteiger partial charge in [-0.15, -0.1) is 0 Å². The lowest BCUT2D eigenvalue weighted by Gasteiger charge is -2.30. The predicted octanol–water partition coefficient (Wildman–Crippen LogP) is 4.52. The number of nitrogens with zero attached hydrogens (tertiary/aromatic N) is 4. The van der Waals surface area contributed by atoms with Gasteiger partial charge < -0.3 is 19.9 Å². The Morgan fingerprint density at radius 2 is 1.72 bits per heavy atom. The van der Waals surface area contributed by atoms with E-state index in [1.165, 1.54) is 0 Å². The maximum absolute atomic E-state index is 5.50. The summed E-state index contributed by atoms with van der Waals surface area (Å²) in [5.41, 5.74) is 4.20. The van der Waals surface area contributed by atoms with Crippen LogP contribution in [-0.4, -0.2) is 42.8 Å². The van der Waals surface area contributed by atoms with Gasteiger partial charge in [0.05, 0.1) is 24.6 Å². The van der Waals surface area contributed by atoms with Crippen LogP contribution < -0.4 is 15.1 Å². The molecule has 1 aliphatic heterocycles. The largest absolute Gasteiger partial charge is 0.378 e. The zero-order valence-corrected chi connectivity index (χ0v) is 17.0. The van der Waals surface area contributed by atoms with E-state index < -0.39 is 0 Å². The van der Waals surface area contributed by atoms with Gasteiger partial charge in [0.1, 0.15) is 5.82 Å². The fraction of sp³-hybridized carbons (Fsp3) is 0.304. The molecule has 1 saturated heterocycles. The molecule has 0 radical (unpaired) electrons. The molecule has 6 nitrogen and oxygen atoms in total. The quantitative estimate of drug-likeness (QED) is 0.669. The molecule has 1 aliphatic rings. The molecule has 150 valence electrons. The van der Waals surface area contributed by atoms with Gasteiger partial charge in [0.15, 0.2) is 0 Å². The molecule has 1 fully saturated rings. The van der Waals surface area contributed by atoms with Crippen LogP contribution in [-0.2, 0) is 4.74 Å². The maximum atomic E-state index is 5.50. The van der Waals surface area contributed by atoms with Gasteiger partial charge in [-0.3, -0.25) is 0 Å². The molecule has 0 spiro atoms. The van der Waals surface area contributed by atoms with Crippen LogP contribution in [0.1, 0.15) is 12.6 Å². The summed E-state index contributed by atoms with van der Waals surface area (Å²) >= 11 is 0. The summed E-state index contributed by atoms with van der Waals surface area (Å²) in [6.45, 7) is 8.23. The highest BCUT2D eigenvalue weighted by molar-refractivity contribution is 5.74. The number of aromatic nitrogens is 2. The van der Waals surface area contributed by atoms with E-state index in [-0.39, 0.29) is 0 Å². The summed E-state index contributed by atoms with van der Waals surface area (Å²) in [7, 11) is 0. The number of para-hydroxylation sites is 3. The molecule has 2 heterocycles. The predicted molar refractivity (Wildman–Crippen MR) is 119 cm³/mol. The maximum Gasteiger partial charge on any atom is 0.229 e. The topological polar surface area (TPSA) is 53.5 Å². The van der Waals surface area contributed by atoms with Gasteiger partial charge in [0, 0.05) is 37.1 Å². The monoisotopic (exact) mass is 389 g/mol. The number of morpholine rings is 1. The Morgan fingerprint density at radius 3 is 2.48 bits per heavy atom. The highest BCUT2D eigenvalue weighted by atomic mass is 16.5. The highest BCUT2D eigenvalue weighted by Gasteiger charge is 2.16. The fourth-order valence-corrected chi connectivity index (χ4v) is 3.61. The molecule has 0 atom stereocenters. The molecular weight excluding hydrogens is 362 g/mol. The van der Waals surface area contributed by atoms with E-state index in [0.717, 1.165) is 61.4 Å². The molecule has 29 heavy (non-hydrogen) atoms. The van der Waals surface area contributed by atoms with E-state index in [1.54, 1.807) is 0 Å². The second-order valence-corrected chi connectivity index (χ2v) is 7.01. The van der Waals surface area contributed by atoms with Crippen LogP contribution in [0, 0.1) is 6.92 Å². The molecule has 0 saturated carbocycles. The average molecular weight is 390 g/mol. The first-order valence-electron chi connectivity index (χ1n) is 10.1. The van der Waals surface area contributed by atoms with Crippen molar-refractivity contribution in [3.63, 3.8) is 0 Å². The van der Waals surface area contributed by atoms with Gasteiger partial charge in [-0.2, -0.15) is 4.98 Å². The van der Waals surface area contributed by atoms with Crippen molar-refractivity contribution in [2.75, 3.05) is 48.0 Å². The van der Waals surface area contributed by atoms with Crippen LogP contribution >= 0.6 is 0 Å². The Bertz CT molecular complexity index is 941. The van der Waals surface area contributed by atoms with Crippen LogP contribution in [0.5, 0.6) is 0 Å². The van der Waals surface area contributed by atoms with Gasteiger partial charge in [0.25, 0.3) is 0 Å². The standard InChI is InChI=1S/C23H27N5O/c1-3-28(19-9-5-4-6-10-19)22-17-18(2)24-23(26-22)25-20-11-7-8-12-21(20)27-13-15-29-16-14-27/h4-12,17H,3,13-16H2,1-2H3,(H,24,25,26). The van der Waals surface area contributed by atoms with Crippen LogP contribution in [0.4, 0.5) is 28.8 Å². The number of rotatable bonds is 6. The summed E-state index contributed by atoms with van der Waals surface area (Å²) in [5, 5.41) is 3.45. The fourth-order valence-electron chi connectivity index (χ4n) is 3.61. The van der Waals surface area contributed by atoms with E-state index in [2.05, 4.69) is 57.4 Å². The lowest BCUT2D eigenvalue weighted by molar-refractivity contribution is 0.123. The Morgan fingerprint density at radius 1 is 1.00 bits per heavy atom. The molecule has 1 N–H and O–H groups in total. The van der Waals surface area contributed by atoms with Crippen molar-refractivity contribution in [1.82, 2.24) is 9.97 Å². The van der Waals surface area contributed by atoms with Crippen molar-refractivity contribution < 1.29 is 4.74 Å². The van der Waals surface area contributed by atoms with E-state index >= 15 is 0 Å². The number of hydrogen-bond donors (Lipinski definition) is 1. The van der Waals surface area contributed by atoms with Crippen molar-refractivity contribution in [3.05, 3.63) is 66.4 Å². The minimum Gasteiger partial charge on any atom is -0.378 e. The third-order valence-electron chi connectivity index (χ3n) is 5.00. The lowest BCUT2D eigenvalue weighted by atomic mass is 10.2. The summed E-state index contributed by atoms with van der Waals surface area (Å²) in [4.78, 5) is 14.0. The Balaban J connectivity index is 1.64. The molecule has 4 rings (SSSR count). The molecule has 0 bridgehead atoms. The van der Waals surface area contributed by atoms with Crippen molar-refractivity contribution >= 4 is 28.8 Å². The number of hydrogen-bond acceptors (Lipinski definition) is 6. The number of benzene rings is 2. The number of anilines is 5. The number of nitrogens with one attached hydrogen (secondary N) is 1. The summed E-state index contributed by atoms with van der Waals surface area (Å²) in [6.07, 6.45) is 0. The smallest absolute Gasteiger partial charge is 0.229 e. The average Bonchev–Trinajstić information content (AvgIpc) is 2.76. The van der Waals surface area contributed by atoms with E-state index in [9.17, 15) is 0 Å². The highest BCUT2D eigenvalue weighted by Crippen LogP contribution is 2.30. The Kier molecular flexibility index (Phi) is 5.91. The van der Waals surface area contributed by atoms with Crippen LogP contribution in [0.2, 0.25) is 0 Å². The van der Waals surface area contributed by atoms with Gasteiger partial charge in [-0.1, -0.05) is 30.3 Å². The van der Waals surface area contributed by atoms with Crippen LogP contribution in [0.3, 0.4) is 0 Å². The molecule has 1 aromatic heterocycles. The van der Waals surface area contributed by atoms with Gasteiger partial charge in [-0.25, -0.2) is 4.98 Å². The number of aryl methyl sites for hydroxylation is 1. The third kappa shape index (κ3) is 4.49. The summed E-state index contributed by atoms with van der Waals surface area (Å²) < 4.78 is 5.50. The zero-order valence-electron chi connectivity index (χ0n) is 17.0. The second-order valence-electron chi connectivity index (χ2n) is 7.01. The normalized spacial score (nSPS) is 13.9. The van der Waals surface area contributed by atoms with E-state index in [4.69, 9.17) is 9.72 Å². The summed E-state index contributed by atoms with van der Waals surface area (Å²) in [6, 6.07) is 20.6. The number of ether oxygens (including phenoxy) is 1. The first kappa shape index (κ1) is 19.2. The van der Waals surface area contributed by atoms with E-state index in [1.807, 2.05) is 37.3 Å². The first-order valence-corrected chi connectivity index (χ1v) is 10.1. The van der Waals surface area contributed by atoms with Crippen molar-refractivity contribution in [2.45, 2.75) is 13.8 Å². The molecular formula is C23H27N5O. The molecule has 0 unspecified atom stereocenters. The minimum atomic E-state index is 0.607. The van der Waals surface area contributed by atoms with Crippen LogP contribution in [0.15, 0.2) is 60.7 Å². The Hall–Kier alpha value is -3.12. The van der Waals surface area contributed by atoms with Crippen molar-refractivity contribution in [3.8, 4) is 0 Å². The van der Waals surface area contributed by atoms with Crippen LogP contribution in [0.25, 0.3) is 0 Å². The first-order chi connectivity index (χ1) is 14.2. The van der Waals surface area contributed by atoms with Gasteiger partial charge in [0.2, 0.25) is 5.95 Å². The molecule has 3 aromatic rings. The zero-order chi connectivity index (χ0) is 20.1. The van der Waals surface area contributed by atoms with Crippen molar-refractivity contribution in [1.29, 1.82) is 0 Å². The summed E-state index contributed by atoms with van der Waals surface area (Å²) in [5.74, 6) is 1.49. The van der Waals surface area contributed by atoms with Gasteiger partial charge >= 0.3 is 0 Å². The third-order valence-corrected chi connectivity index (χ3v) is 5.00. The molecule has 2 aromatic carbocycles. The second kappa shape index (κ2) is 8.92. The molecule has 0 aliphatic carbocycles. The minimum absolute atomic E-state index is 0.607. The lowest BCUT2D eigenvalue weighted by Crippen LogP contribution is -2.36. The Labute approximate surface area is 172 Å². The molecule has 6 heteroatoms. The molecule has 0 amide bonds. The van der Waals surface area contributed by atoms with Gasteiger partial charge in [-0.05, 0) is 38.1 Å². The van der Waals surface area contributed by atoms with Crippen molar-refractivity contribution in [2.24, 2.45) is 0 Å². The van der Waals surface area contributed by atoms with E-state index in [0.29, 0.717) is 5.95 Å².